The van der Waals surface area contributed by atoms with Gasteiger partial charge in [0.25, 0.3) is 5.91 Å². The average Bonchev–Trinajstić information content (AvgIpc) is 2.61. The molecule has 0 aromatic heterocycles. The number of benzene rings is 2. The van der Waals surface area contributed by atoms with E-state index in [1.807, 2.05) is 0 Å². The second-order valence-corrected chi connectivity index (χ2v) is 6.23. The quantitative estimate of drug-likeness (QED) is 0.630. The lowest BCUT2D eigenvalue weighted by molar-refractivity contribution is -0.116. The summed E-state index contributed by atoms with van der Waals surface area (Å²) in [5.74, 6) is -1.56. The summed E-state index contributed by atoms with van der Waals surface area (Å²) >= 11 is 5.77. The zero-order valence-electron chi connectivity index (χ0n) is 14.6. The number of amides is 3. The van der Waals surface area contributed by atoms with Gasteiger partial charge in [0.05, 0.1) is 5.69 Å². The van der Waals surface area contributed by atoms with Crippen LogP contribution in [0.15, 0.2) is 42.5 Å². The standard InChI is InChI=1S/C19H19ClFN3O3/c1-12(25)23-15-8-9-16(21)17(11-15)24-18(26)3-2-10-22-19(27)13-4-6-14(20)7-5-13/h4-9,11H,2-3,10H2,1H3,(H,22,27)(H,23,25)(H,24,26). The molecule has 0 aliphatic carbocycles. The van der Waals surface area contributed by atoms with E-state index in [4.69, 9.17) is 11.6 Å². The van der Waals surface area contributed by atoms with Crippen molar-refractivity contribution in [3.05, 3.63) is 58.9 Å². The van der Waals surface area contributed by atoms with E-state index < -0.39 is 11.7 Å². The fourth-order valence-electron chi connectivity index (χ4n) is 2.27. The van der Waals surface area contributed by atoms with E-state index in [9.17, 15) is 18.8 Å². The van der Waals surface area contributed by atoms with Gasteiger partial charge in [-0.3, -0.25) is 14.4 Å². The van der Waals surface area contributed by atoms with Crippen molar-refractivity contribution in [2.75, 3.05) is 17.2 Å². The van der Waals surface area contributed by atoms with Crippen molar-refractivity contribution in [3.63, 3.8) is 0 Å². The van der Waals surface area contributed by atoms with Crippen molar-refractivity contribution in [3.8, 4) is 0 Å². The van der Waals surface area contributed by atoms with Crippen molar-refractivity contribution < 1.29 is 18.8 Å². The summed E-state index contributed by atoms with van der Waals surface area (Å²) in [7, 11) is 0. The molecule has 0 saturated heterocycles. The molecular formula is C19H19ClFN3O3. The summed E-state index contributed by atoms with van der Waals surface area (Å²) < 4.78 is 13.8. The maximum absolute atomic E-state index is 13.8. The Kier molecular flexibility index (Phi) is 7.31. The molecular weight excluding hydrogens is 373 g/mol. The predicted molar refractivity (Wildman–Crippen MR) is 102 cm³/mol. The van der Waals surface area contributed by atoms with E-state index >= 15 is 0 Å². The lowest BCUT2D eigenvalue weighted by atomic mass is 10.2. The Bertz CT molecular complexity index is 841. The van der Waals surface area contributed by atoms with Gasteiger partial charge in [0.2, 0.25) is 11.8 Å². The highest BCUT2D eigenvalue weighted by molar-refractivity contribution is 6.30. The highest BCUT2D eigenvalue weighted by atomic mass is 35.5. The van der Waals surface area contributed by atoms with Crippen molar-refractivity contribution in [1.82, 2.24) is 5.32 Å². The topological polar surface area (TPSA) is 87.3 Å². The maximum atomic E-state index is 13.8. The maximum Gasteiger partial charge on any atom is 0.251 e. The monoisotopic (exact) mass is 391 g/mol. The van der Waals surface area contributed by atoms with Gasteiger partial charge in [0.1, 0.15) is 5.82 Å². The first-order valence-electron chi connectivity index (χ1n) is 8.26. The minimum absolute atomic E-state index is 0.0172. The van der Waals surface area contributed by atoms with Crippen LogP contribution in [0, 0.1) is 5.82 Å². The Morgan fingerprint density at radius 2 is 1.74 bits per heavy atom. The molecule has 0 spiro atoms. The first-order valence-corrected chi connectivity index (χ1v) is 8.63. The number of anilines is 2. The van der Waals surface area contributed by atoms with Crippen LogP contribution in [0.4, 0.5) is 15.8 Å². The first kappa shape index (κ1) is 20.4. The summed E-state index contributed by atoms with van der Waals surface area (Å²) in [6, 6.07) is 10.4. The van der Waals surface area contributed by atoms with Gasteiger partial charge in [0.15, 0.2) is 0 Å². The molecule has 2 aromatic rings. The van der Waals surface area contributed by atoms with E-state index in [2.05, 4.69) is 16.0 Å². The van der Waals surface area contributed by atoms with Gasteiger partial charge < -0.3 is 16.0 Å². The van der Waals surface area contributed by atoms with Gasteiger partial charge >= 0.3 is 0 Å². The summed E-state index contributed by atoms with van der Waals surface area (Å²) in [4.78, 5) is 34.9. The largest absolute Gasteiger partial charge is 0.352 e. The smallest absolute Gasteiger partial charge is 0.251 e. The van der Waals surface area contributed by atoms with Crippen LogP contribution in [0.25, 0.3) is 0 Å². The second kappa shape index (κ2) is 9.68. The lowest BCUT2D eigenvalue weighted by Crippen LogP contribution is -2.25. The Morgan fingerprint density at radius 1 is 1.04 bits per heavy atom. The SMILES string of the molecule is CC(=O)Nc1ccc(F)c(NC(=O)CCCNC(=O)c2ccc(Cl)cc2)c1. The van der Waals surface area contributed by atoms with Crippen molar-refractivity contribution >= 4 is 40.7 Å². The molecule has 2 aromatic carbocycles. The van der Waals surface area contributed by atoms with Crippen LogP contribution in [0.5, 0.6) is 0 Å². The molecule has 8 heteroatoms. The van der Waals surface area contributed by atoms with Crippen LogP contribution in [0.1, 0.15) is 30.1 Å². The third-order valence-electron chi connectivity index (χ3n) is 3.53. The number of carbonyl (C=O) groups excluding carboxylic acids is 3. The normalized spacial score (nSPS) is 10.2. The molecule has 142 valence electrons. The van der Waals surface area contributed by atoms with Crippen LogP contribution in [-0.2, 0) is 9.59 Å². The number of halogens is 2. The number of hydrogen-bond donors (Lipinski definition) is 3. The van der Waals surface area contributed by atoms with Gasteiger partial charge in [0, 0.05) is 36.2 Å². The zero-order valence-corrected chi connectivity index (χ0v) is 15.4. The number of hydrogen-bond acceptors (Lipinski definition) is 3. The Hall–Kier alpha value is -2.93. The zero-order chi connectivity index (χ0) is 19.8. The molecule has 0 fully saturated rings. The minimum atomic E-state index is -0.603. The average molecular weight is 392 g/mol. The van der Waals surface area contributed by atoms with Gasteiger partial charge in [-0.2, -0.15) is 0 Å². The molecule has 0 atom stereocenters. The third kappa shape index (κ3) is 6.71. The van der Waals surface area contributed by atoms with Crippen molar-refractivity contribution in [1.29, 1.82) is 0 Å². The fraction of sp³-hybridized carbons (Fsp3) is 0.211. The minimum Gasteiger partial charge on any atom is -0.352 e. The van der Waals surface area contributed by atoms with Gasteiger partial charge in [-0.05, 0) is 48.9 Å². The molecule has 0 bridgehead atoms. The summed E-state index contributed by atoms with van der Waals surface area (Å²) in [6.45, 7) is 1.63. The molecule has 3 N–H and O–H groups in total. The van der Waals surface area contributed by atoms with Crippen LogP contribution in [0.2, 0.25) is 5.02 Å². The third-order valence-corrected chi connectivity index (χ3v) is 3.79. The van der Waals surface area contributed by atoms with E-state index in [1.54, 1.807) is 24.3 Å². The molecule has 6 nitrogen and oxygen atoms in total. The van der Waals surface area contributed by atoms with Crippen LogP contribution in [0.3, 0.4) is 0 Å². The van der Waals surface area contributed by atoms with E-state index in [0.29, 0.717) is 29.2 Å². The van der Waals surface area contributed by atoms with Crippen LogP contribution < -0.4 is 16.0 Å². The number of nitrogens with one attached hydrogen (secondary N) is 3. The van der Waals surface area contributed by atoms with Gasteiger partial charge in [-0.15, -0.1) is 0 Å². The van der Waals surface area contributed by atoms with E-state index in [0.717, 1.165) is 6.07 Å². The molecule has 0 aliphatic rings. The van der Waals surface area contributed by atoms with Crippen molar-refractivity contribution in [2.45, 2.75) is 19.8 Å². The first-order chi connectivity index (χ1) is 12.8. The molecule has 0 aliphatic heterocycles. The molecule has 0 radical (unpaired) electrons. The summed E-state index contributed by atoms with van der Waals surface area (Å²) in [5, 5.41) is 8.21. The second-order valence-electron chi connectivity index (χ2n) is 5.79. The van der Waals surface area contributed by atoms with E-state index in [-0.39, 0.29) is 23.9 Å². The lowest BCUT2D eigenvalue weighted by Gasteiger charge is -2.09. The fourth-order valence-corrected chi connectivity index (χ4v) is 2.39. The molecule has 3 amide bonds. The molecule has 0 saturated carbocycles. The number of carbonyl (C=O) groups is 3. The van der Waals surface area contributed by atoms with E-state index in [1.165, 1.54) is 19.1 Å². The van der Waals surface area contributed by atoms with Gasteiger partial charge in [-0.1, -0.05) is 11.6 Å². The Morgan fingerprint density at radius 3 is 2.41 bits per heavy atom. The van der Waals surface area contributed by atoms with Crippen LogP contribution >= 0.6 is 11.6 Å². The number of rotatable bonds is 7. The molecule has 27 heavy (non-hydrogen) atoms. The molecule has 2 rings (SSSR count). The Balaban J connectivity index is 1.78. The molecule has 0 unspecified atom stereocenters. The highest BCUT2D eigenvalue weighted by Crippen LogP contribution is 2.20. The Labute approximate surface area is 161 Å². The molecule has 0 heterocycles. The summed E-state index contributed by atoms with van der Waals surface area (Å²) in [5.41, 5.74) is 0.839. The highest BCUT2D eigenvalue weighted by Gasteiger charge is 2.10. The van der Waals surface area contributed by atoms with Gasteiger partial charge in [-0.25, -0.2) is 4.39 Å². The predicted octanol–water partition coefficient (Wildman–Crippen LogP) is 3.59. The summed E-state index contributed by atoms with van der Waals surface area (Å²) in [6.07, 6.45) is 0.489. The van der Waals surface area contributed by atoms with Crippen LogP contribution in [-0.4, -0.2) is 24.3 Å². The van der Waals surface area contributed by atoms with Crippen molar-refractivity contribution in [2.24, 2.45) is 0 Å².